The second-order valence-electron chi connectivity index (χ2n) is 5.57. The highest BCUT2D eigenvalue weighted by Crippen LogP contribution is 2.23. The van der Waals surface area contributed by atoms with Gasteiger partial charge in [-0.1, -0.05) is 17.2 Å². The molecule has 0 aliphatic carbocycles. The van der Waals surface area contributed by atoms with Crippen LogP contribution in [0.3, 0.4) is 0 Å². The number of hydroxylamine groups is 2. The van der Waals surface area contributed by atoms with Gasteiger partial charge in [0.2, 0.25) is 0 Å². The number of nitrogens with zero attached hydrogens (tertiary/aromatic N) is 3. The van der Waals surface area contributed by atoms with Crippen LogP contribution in [0.5, 0.6) is 0 Å². The van der Waals surface area contributed by atoms with Crippen LogP contribution in [0.1, 0.15) is 31.2 Å². The minimum Gasteiger partial charge on any atom is -0.322 e. The Morgan fingerprint density at radius 1 is 0.963 bits per heavy atom. The lowest BCUT2D eigenvalue weighted by atomic mass is 10.1. The van der Waals surface area contributed by atoms with Gasteiger partial charge in [0.15, 0.2) is 11.5 Å². The Labute approximate surface area is 150 Å². The quantitative estimate of drug-likeness (QED) is 0.663. The Balaban J connectivity index is 1.56. The summed E-state index contributed by atoms with van der Waals surface area (Å²) in [5.74, 6) is -4.25. The number of aromatic nitrogens is 2. The van der Waals surface area contributed by atoms with Gasteiger partial charge in [-0.2, -0.15) is 5.10 Å². The molecule has 27 heavy (non-hydrogen) atoms. The number of fused-ring (bicyclic) bond motifs is 1. The first-order valence-corrected chi connectivity index (χ1v) is 7.67. The summed E-state index contributed by atoms with van der Waals surface area (Å²) in [7, 11) is 0. The summed E-state index contributed by atoms with van der Waals surface area (Å²) in [6, 6.07) is 10.1. The zero-order valence-corrected chi connectivity index (χ0v) is 13.4. The maximum Gasteiger partial charge on any atom is 0.384 e. The minimum atomic E-state index is -1.08. The summed E-state index contributed by atoms with van der Waals surface area (Å²) in [6.07, 6.45) is 1.26. The molecule has 0 saturated heterocycles. The maximum absolute atomic E-state index is 13.8. The maximum atomic E-state index is 13.8. The molecule has 2 aromatic carbocycles. The van der Waals surface area contributed by atoms with Crippen molar-refractivity contribution in [3.05, 3.63) is 83.2 Å². The van der Waals surface area contributed by atoms with E-state index in [-0.39, 0.29) is 22.5 Å². The lowest BCUT2D eigenvalue weighted by molar-refractivity contribution is -0.0588. The van der Waals surface area contributed by atoms with Crippen molar-refractivity contribution in [3.8, 4) is 5.69 Å². The topological polar surface area (TPSA) is 81.5 Å². The van der Waals surface area contributed by atoms with Crippen LogP contribution in [0.25, 0.3) is 5.69 Å². The van der Waals surface area contributed by atoms with Gasteiger partial charge in [-0.15, -0.1) is 0 Å². The molecule has 1 aromatic heterocycles. The van der Waals surface area contributed by atoms with Crippen LogP contribution in [0, 0.1) is 11.6 Å². The third kappa shape index (κ3) is 2.74. The zero-order chi connectivity index (χ0) is 19.1. The predicted octanol–water partition coefficient (Wildman–Crippen LogP) is 2.52. The van der Waals surface area contributed by atoms with Crippen LogP contribution in [-0.2, 0) is 4.84 Å². The van der Waals surface area contributed by atoms with Gasteiger partial charge in [-0.25, -0.2) is 18.3 Å². The standard InChI is InChI=1S/C18H9F2N3O4/c19-10-5-6-15(13(20)9-10)22-8-7-14(21-22)18(26)27-23-16(24)11-3-1-2-4-12(11)17(23)25/h1-9H. The van der Waals surface area contributed by atoms with Gasteiger partial charge in [0, 0.05) is 12.3 Å². The average molecular weight is 369 g/mol. The summed E-state index contributed by atoms with van der Waals surface area (Å²) in [4.78, 5) is 41.5. The van der Waals surface area contributed by atoms with E-state index in [0.29, 0.717) is 11.1 Å². The third-order valence-electron chi connectivity index (χ3n) is 3.89. The zero-order valence-electron chi connectivity index (χ0n) is 13.4. The lowest BCUT2D eigenvalue weighted by Crippen LogP contribution is -2.32. The van der Waals surface area contributed by atoms with Crippen molar-refractivity contribution in [2.45, 2.75) is 0 Å². The molecule has 0 unspecified atom stereocenters. The predicted molar refractivity (Wildman–Crippen MR) is 85.8 cm³/mol. The van der Waals surface area contributed by atoms with Gasteiger partial charge < -0.3 is 4.84 Å². The smallest absolute Gasteiger partial charge is 0.322 e. The van der Waals surface area contributed by atoms with Crippen LogP contribution in [-0.4, -0.2) is 32.6 Å². The summed E-state index contributed by atoms with van der Waals surface area (Å²) in [5.41, 5.74) is -0.116. The van der Waals surface area contributed by atoms with E-state index < -0.39 is 29.4 Å². The molecule has 0 radical (unpaired) electrons. The van der Waals surface area contributed by atoms with Gasteiger partial charge >= 0.3 is 5.97 Å². The molecule has 0 atom stereocenters. The van der Waals surface area contributed by atoms with Gasteiger partial charge in [0.05, 0.1) is 11.1 Å². The first kappa shape index (κ1) is 16.6. The molecule has 7 nitrogen and oxygen atoms in total. The Kier molecular flexibility index (Phi) is 3.76. The van der Waals surface area contributed by atoms with Gasteiger partial charge in [-0.3, -0.25) is 9.59 Å². The van der Waals surface area contributed by atoms with Crippen LogP contribution < -0.4 is 0 Å². The number of carbonyl (C=O) groups excluding carboxylic acids is 3. The Bertz CT molecular complexity index is 1070. The first-order valence-electron chi connectivity index (χ1n) is 7.67. The van der Waals surface area contributed by atoms with Crippen molar-refractivity contribution in [1.82, 2.24) is 14.8 Å². The van der Waals surface area contributed by atoms with Crippen molar-refractivity contribution < 1.29 is 28.0 Å². The summed E-state index contributed by atoms with van der Waals surface area (Å²) in [5, 5.41) is 4.19. The number of rotatable bonds is 3. The van der Waals surface area contributed by atoms with Crippen molar-refractivity contribution in [3.63, 3.8) is 0 Å². The molecule has 9 heteroatoms. The summed E-state index contributed by atoms with van der Waals surface area (Å²) < 4.78 is 27.8. The molecule has 2 heterocycles. The van der Waals surface area contributed by atoms with E-state index in [9.17, 15) is 23.2 Å². The van der Waals surface area contributed by atoms with Crippen molar-refractivity contribution >= 4 is 17.8 Å². The highest BCUT2D eigenvalue weighted by molar-refractivity contribution is 6.21. The number of hydrogen-bond acceptors (Lipinski definition) is 5. The fourth-order valence-corrected chi connectivity index (χ4v) is 2.61. The van der Waals surface area contributed by atoms with Crippen molar-refractivity contribution in [2.75, 3.05) is 0 Å². The van der Waals surface area contributed by atoms with Crippen LogP contribution in [0.2, 0.25) is 0 Å². The molecular formula is C18H9F2N3O4. The third-order valence-corrected chi connectivity index (χ3v) is 3.89. The van der Waals surface area contributed by atoms with E-state index in [0.717, 1.165) is 16.8 Å². The molecule has 0 fully saturated rings. The molecular weight excluding hydrogens is 360 g/mol. The SMILES string of the molecule is O=C(ON1C(=O)c2ccccc2C1=O)c1ccn(-c2ccc(F)cc2F)n1. The van der Waals surface area contributed by atoms with Crippen molar-refractivity contribution in [2.24, 2.45) is 0 Å². The van der Waals surface area contributed by atoms with E-state index in [1.807, 2.05) is 0 Å². The van der Waals surface area contributed by atoms with E-state index >= 15 is 0 Å². The molecule has 0 N–H and O–H groups in total. The normalized spacial score (nSPS) is 13.0. The molecule has 134 valence electrons. The molecule has 0 spiro atoms. The van der Waals surface area contributed by atoms with Gasteiger partial charge in [-0.05, 0) is 30.3 Å². The summed E-state index contributed by atoms with van der Waals surface area (Å²) in [6.45, 7) is 0. The average Bonchev–Trinajstić information content (AvgIpc) is 3.22. The van der Waals surface area contributed by atoms with E-state index in [2.05, 4.69) is 5.10 Å². The monoisotopic (exact) mass is 369 g/mol. The number of hydrogen-bond donors (Lipinski definition) is 0. The highest BCUT2D eigenvalue weighted by Gasteiger charge is 2.39. The Morgan fingerprint density at radius 2 is 1.63 bits per heavy atom. The van der Waals surface area contributed by atoms with Gasteiger partial charge in [0.1, 0.15) is 11.5 Å². The lowest BCUT2D eigenvalue weighted by Gasteiger charge is -2.11. The van der Waals surface area contributed by atoms with Crippen LogP contribution >= 0.6 is 0 Å². The van der Waals surface area contributed by atoms with E-state index in [1.54, 1.807) is 12.1 Å². The molecule has 3 aromatic rings. The van der Waals surface area contributed by atoms with E-state index in [1.165, 1.54) is 24.4 Å². The summed E-state index contributed by atoms with van der Waals surface area (Å²) >= 11 is 0. The molecule has 4 rings (SSSR count). The van der Waals surface area contributed by atoms with Gasteiger partial charge in [0.25, 0.3) is 11.8 Å². The number of carbonyl (C=O) groups is 3. The number of imide groups is 1. The molecule has 1 aliphatic heterocycles. The fraction of sp³-hybridized carbons (Fsp3) is 0. The Morgan fingerprint density at radius 3 is 2.26 bits per heavy atom. The molecule has 2 amide bonds. The highest BCUT2D eigenvalue weighted by atomic mass is 19.1. The molecule has 0 saturated carbocycles. The van der Waals surface area contributed by atoms with Crippen LogP contribution in [0.4, 0.5) is 8.78 Å². The number of amides is 2. The Hall–Kier alpha value is -3.88. The fourth-order valence-electron chi connectivity index (χ4n) is 2.61. The second kappa shape index (κ2) is 6.13. The molecule has 1 aliphatic rings. The second-order valence-corrected chi connectivity index (χ2v) is 5.57. The van der Waals surface area contributed by atoms with E-state index in [4.69, 9.17) is 4.84 Å². The van der Waals surface area contributed by atoms with Crippen molar-refractivity contribution in [1.29, 1.82) is 0 Å². The first-order chi connectivity index (χ1) is 13.0. The number of halogens is 2. The molecule has 0 bridgehead atoms. The number of benzene rings is 2. The minimum absolute atomic E-state index is 0.0869. The van der Waals surface area contributed by atoms with Crippen LogP contribution in [0.15, 0.2) is 54.7 Å². The largest absolute Gasteiger partial charge is 0.384 e.